The van der Waals surface area contributed by atoms with Crippen LogP contribution >= 0.6 is 11.3 Å². The molecule has 1 aromatic carbocycles. The molecule has 1 unspecified atom stereocenters. The van der Waals surface area contributed by atoms with E-state index >= 15 is 0 Å². The highest BCUT2D eigenvalue weighted by molar-refractivity contribution is 7.16. The van der Waals surface area contributed by atoms with Gasteiger partial charge in [0.25, 0.3) is 5.91 Å². The van der Waals surface area contributed by atoms with E-state index in [-0.39, 0.29) is 17.7 Å². The fourth-order valence-corrected chi connectivity index (χ4v) is 5.07. The van der Waals surface area contributed by atoms with Gasteiger partial charge in [-0.15, -0.1) is 11.3 Å². The molecule has 2 N–H and O–H groups in total. The van der Waals surface area contributed by atoms with Crippen LogP contribution in [0.1, 0.15) is 74.9 Å². The lowest BCUT2D eigenvalue weighted by Crippen LogP contribution is -2.18. The van der Waals surface area contributed by atoms with Crippen molar-refractivity contribution in [2.45, 2.75) is 53.5 Å². The first-order valence-corrected chi connectivity index (χ1v) is 12.2. The first-order valence-electron chi connectivity index (χ1n) is 11.4. The van der Waals surface area contributed by atoms with Crippen LogP contribution in [0, 0.1) is 27.7 Å². The molecule has 0 aliphatic heterocycles. The van der Waals surface area contributed by atoms with Gasteiger partial charge >= 0.3 is 0 Å². The van der Waals surface area contributed by atoms with Gasteiger partial charge in [0.2, 0.25) is 5.95 Å². The molecule has 3 heterocycles. The normalized spacial score (nSPS) is 12.1. The number of hydrogen-bond donors (Lipinski definition) is 2. The average molecular weight is 475 g/mol. The lowest BCUT2D eigenvalue weighted by atomic mass is 9.94. The van der Waals surface area contributed by atoms with Crippen LogP contribution in [-0.4, -0.2) is 15.9 Å². The molecule has 0 fully saturated rings. The molecule has 176 valence electrons. The van der Waals surface area contributed by atoms with E-state index < -0.39 is 0 Å². The zero-order chi connectivity index (χ0) is 24.4. The summed E-state index contributed by atoms with van der Waals surface area (Å²) < 4.78 is 5.30. The van der Waals surface area contributed by atoms with Crippen LogP contribution < -0.4 is 10.6 Å². The maximum absolute atomic E-state index is 12.8. The minimum Gasteiger partial charge on any atom is -0.459 e. The zero-order valence-corrected chi connectivity index (χ0v) is 21.2. The first-order chi connectivity index (χ1) is 16.2. The number of rotatable bonds is 7. The number of nitrogens with one attached hydrogen (secondary N) is 2. The summed E-state index contributed by atoms with van der Waals surface area (Å²) in [5, 5.41) is 7.41. The maximum Gasteiger partial charge on any atom is 0.291 e. The van der Waals surface area contributed by atoms with Gasteiger partial charge in [-0.25, -0.2) is 9.97 Å². The predicted molar refractivity (Wildman–Crippen MR) is 138 cm³/mol. The van der Waals surface area contributed by atoms with Gasteiger partial charge in [0, 0.05) is 21.8 Å². The highest BCUT2D eigenvalue weighted by Crippen LogP contribution is 2.41. The number of hydrogen-bond acceptors (Lipinski definition) is 6. The Morgan fingerprint density at radius 1 is 0.971 bits per heavy atom. The second-order valence-corrected chi connectivity index (χ2v) is 10.1. The number of benzene rings is 1. The molecule has 0 aliphatic carbocycles. The molecule has 0 radical (unpaired) electrons. The molecule has 0 saturated carbocycles. The molecule has 1 amide bonds. The van der Waals surface area contributed by atoms with E-state index in [1.54, 1.807) is 23.5 Å². The molecule has 4 aromatic rings. The second-order valence-electron chi connectivity index (χ2n) is 8.83. The van der Waals surface area contributed by atoms with Gasteiger partial charge in [0.05, 0.1) is 12.3 Å². The quantitative estimate of drug-likeness (QED) is 0.303. The van der Waals surface area contributed by atoms with Gasteiger partial charge in [-0.1, -0.05) is 38.1 Å². The molecule has 6 nitrogen and oxygen atoms in total. The van der Waals surface area contributed by atoms with E-state index in [9.17, 15) is 4.79 Å². The molecular weight excluding hydrogens is 444 g/mol. The van der Waals surface area contributed by atoms with Crippen LogP contribution in [0.4, 0.5) is 10.9 Å². The molecule has 0 saturated heterocycles. The van der Waals surface area contributed by atoms with Gasteiger partial charge in [-0.2, -0.15) is 0 Å². The van der Waals surface area contributed by atoms with Crippen LogP contribution in [0.15, 0.2) is 53.1 Å². The number of aromatic nitrogens is 2. The van der Waals surface area contributed by atoms with Crippen molar-refractivity contribution in [3.8, 4) is 0 Å². The first kappa shape index (κ1) is 23.7. The third kappa shape index (κ3) is 5.04. The minimum absolute atomic E-state index is 0.251. The minimum atomic E-state index is -0.274. The highest BCUT2D eigenvalue weighted by atomic mass is 32.1. The molecule has 34 heavy (non-hydrogen) atoms. The SMILES string of the molecule is Cc1cc(C)nc(NC(c2ccc(C(C)C)cc2)c2c(NC(=O)c3ccco3)sc(C)c2C)n1. The molecule has 7 heteroatoms. The Bertz CT molecular complexity index is 1270. The molecule has 1 atom stereocenters. The summed E-state index contributed by atoms with van der Waals surface area (Å²) in [6.07, 6.45) is 1.50. The van der Waals surface area contributed by atoms with Gasteiger partial charge in [0.1, 0.15) is 5.00 Å². The van der Waals surface area contributed by atoms with Gasteiger partial charge in [0.15, 0.2) is 5.76 Å². The molecule has 3 aromatic heterocycles. The third-order valence-electron chi connectivity index (χ3n) is 5.88. The Morgan fingerprint density at radius 2 is 1.62 bits per heavy atom. The number of thiophene rings is 1. The fraction of sp³-hybridized carbons (Fsp3) is 0.296. The lowest BCUT2D eigenvalue weighted by Gasteiger charge is -2.22. The highest BCUT2D eigenvalue weighted by Gasteiger charge is 2.26. The van der Waals surface area contributed by atoms with Gasteiger partial charge < -0.3 is 15.1 Å². The monoisotopic (exact) mass is 474 g/mol. The number of furan rings is 1. The van der Waals surface area contributed by atoms with Crippen molar-refractivity contribution in [1.29, 1.82) is 0 Å². The Labute approximate surface area is 204 Å². The molecule has 4 rings (SSSR count). The van der Waals surface area contributed by atoms with Gasteiger partial charge in [-0.05, 0) is 68.5 Å². The summed E-state index contributed by atoms with van der Waals surface area (Å²) in [6.45, 7) is 12.4. The summed E-state index contributed by atoms with van der Waals surface area (Å²) in [4.78, 5) is 23.2. The van der Waals surface area contributed by atoms with Crippen molar-refractivity contribution >= 4 is 28.2 Å². The Hall–Kier alpha value is -3.45. The Morgan fingerprint density at radius 3 is 2.21 bits per heavy atom. The number of aryl methyl sites for hydroxylation is 3. The third-order valence-corrected chi connectivity index (χ3v) is 7.02. The van der Waals surface area contributed by atoms with E-state index in [0.29, 0.717) is 11.9 Å². The van der Waals surface area contributed by atoms with Crippen molar-refractivity contribution in [3.05, 3.63) is 93.0 Å². The topological polar surface area (TPSA) is 80.0 Å². The van der Waals surface area contributed by atoms with Crippen LogP contribution in [0.5, 0.6) is 0 Å². The average Bonchev–Trinajstić information content (AvgIpc) is 3.41. The van der Waals surface area contributed by atoms with E-state index in [0.717, 1.165) is 38.0 Å². The standard InChI is InChI=1S/C27H30N4O2S/c1-15(2)20-9-11-21(12-10-20)24(30-27-28-16(3)14-17(4)29-27)23-18(5)19(6)34-26(23)31-25(32)22-8-7-13-33-22/h7-15,24H,1-6H3,(H,31,32)(H,28,29,30). The number of nitrogens with zero attached hydrogens (tertiary/aromatic N) is 2. The number of carbonyl (C=O) groups excluding carboxylic acids is 1. The number of carbonyl (C=O) groups is 1. The molecular formula is C27H30N4O2S. The van der Waals surface area contributed by atoms with E-state index in [1.807, 2.05) is 19.9 Å². The largest absolute Gasteiger partial charge is 0.459 e. The molecule has 0 bridgehead atoms. The molecule has 0 spiro atoms. The maximum atomic E-state index is 12.8. The zero-order valence-electron chi connectivity index (χ0n) is 20.4. The van der Waals surface area contributed by atoms with Crippen molar-refractivity contribution in [3.63, 3.8) is 0 Å². The van der Waals surface area contributed by atoms with E-state index in [1.165, 1.54) is 11.8 Å². The Balaban J connectivity index is 1.80. The summed E-state index contributed by atoms with van der Waals surface area (Å²) in [7, 11) is 0. The van der Waals surface area contributed by atoms with E-state index in [2.05, 4.69) is 72.6 Å². The van der Waals surface area contributed by atoms with Crippen LogP contribution in [-0.2, 0) is 0 Å². The number of anilines is 2. The van der Waals surface area contributed by atoms with Crippen molar-refractivity contribution < 1.29 is 9.21 Å². The van der Waals surface area contributed by atoms with Crippen molar-refractivity contribution in [2.24, 2.45) is 0 Å². The summed E-state index contributed by atoms with van der Waals surface area (Å²) >= 11 is 1.56. The molecule has 0 aliphatic rings. The summed E-state index contributed by atoms with van der Waals surface area (Å²) in [5.41, 5.74) is 6.26. The predicted octanol–water partition coefficient (Wildman–Crippen LogP) is 6.94. The van der Waals surface area contributed by atoms with Crippen molar-refractivity contribution in [2.75, 3.05) is 10.6 Å². The van der Waals surface area contributed by atoms with Crippen LogP contribution in [0.25, 0.3) is 0 Å². The number of amides is 1. The fourth-order valence-electron chi connectivity index (χ4n) is 3.97. The van der Waals surface area contributed by atoms with Gasteiger partial charge in [-0.3, -0.25) is 4.79 Å². The van der Waals surface area contributed by atoms with Crippen molar-refractivity contribution in [1.82, 2.24) is 9.97 Å². The smallest absolute Gasteiger partial charge is 0.291 e. The van der Waals surface area contributed by atoms with Crippen LogP contribution in [0.2, 0.25) is 0 Å². The van der Waals surface area contributed by atoms with E-state index in [4.69, 9.17) is 4.42 Å². The Kier molecular flexibility index (Phi) is 6.84. The summed E-state index contributed by atoms with van der Waals surface area (Å²) in [6, 6.07) is 13.7. The van der Waals surface area contributed by atoms with Crippen LogP contribution in [0.3, 0.4) is 0 Å². The lowest BCUT2D eigenvalue weighted by molar-refractivity contribution is 0.0997. The summed E-state index contributed by atoms with van der Waals surface area (Å²) in [5.74, 6) is 1.00. The second kappa shape index (κ2) is 9.81.